The molecule has 0 aliphatic rings. The predicted octanol–water partition coefficient (Wildman–Crippen LogP) is 4.47. The van der Waals surface area contributed by atoms with E-state index < -0.39 is 4.92 Å². The summed E-state index contributed by atoms with van der Waals surface area (Å²) in [4.78, 5) is 27.8. The van der Waals surface area contributed by atoms with Gasteiger partial charge >= 0.3 is 0 Å². The number of anilines is 1. The van der Waals surface area contributed by atoms with Crippen molar-refractivity contribution in [2.45, 2.75) is 6.92 Å². The van der Waals surface area contributed by atoms with Crippen molar-refractivity contribution in [1.82, 2.24) is 9.38 Å². The molecule has 0 fully saturated rings. The number of nitrogens with zero attached hydrogens (tertiary/aromatic N) is 3. The fourth-order valence-corrected chi connectivity index (χ4v) is 3.03. The molecule has 7 heteroatoms. The van der Waals surface area contributed by atoms with E-state index in [0.29, 0.717) is 17.1 Å². The molecular weight excluding hydrogens is 356 g/mol. The average molecular weight is 372 g/mol. The Hall–Kier alpha value is -4.00. The minimum absolute atomic E-state index is 0.0630. The number of hydrogen-bond acceptors (Lipinski definition) is 4. The third-order valence-corrected chi connectivity index (χ3v) is 4.46. The summed E-state index contributed by atoms with van der Waals surface area (Å²) < 4.78 is 1.83. The number of fused-ring (bicyclic) bond motifs is 1. The van der Waals surface area contributed by atoms with Gasteiger partial charge in [-0.1, -0.05) is 36.4 Å². The summed E-state index contributed by atoms with van der Waals surface area (Å²) in [5, 5.41) is 13.7. The summed E-state index contributed by atoms with van der Waals surface area (Å²) in [5.41, 5.74) is 3.53. The van der Waals surface area contributed by atoms with Crippen LogP contribution in [0.15, 0.2) is 72.9 Å². The molecule has 1 N–H and O–H groups in total. The first kappa shape index (κ1) is 17.4. The van der Waals surface area contributed by atoms with E-state index in [9.17, 15) is 14.9 Å². The van der Waals surface area contributed by atoms with Crippen LogP contribution in [0.4, 0.5) is 11.5 Å². The number of aromatic nitrogens is 2. The molecule has 4 aromatic rings. The molecule has 0 aliphatic carbocycles. The van der Waals surface area contributed by atoms with Gasteiger partial charge in [-0.3, -0.25) is 19.3 Å². The lowest BCUT2D eigenvalue weighted by molar-refractivity contribution is -0.384. The van der Waals surface area contributed by atoms with Crippen LogP contribution in [0.2, 0.25) is 0 Å². The van der Waals surface area contributed by atoms with Gasteiger partial charge in [-0.05, 0) is 30.7 Å². The van der Waals surface area contributed by atoms with Gasteiger partial charge in [-0.15, -0.1) is 0 Å². The number of nitrogens with one attached hydrogen (secondary N) is 1. The highest BCUT2D eigenvalue weighted by Gasteiger charge is 2.18. The number of benzene rings is 2. The van der Waals surface area contributed by atoms with E-state index in [0.717, 1.165) is 16.8 Å². The fraction of sp³-hybridized carbons (Fsp3) is 0.0476. The van der Waals surface area contributed by atoms with E-state index in [1.165, 1.54) is 24.3 Å². The first-order chi connectivity index (χ1) is 13.5. The first-order valence-corrected chi connectivity index (χ1v) is 8.63. The zero-order chi connectivity index (χ0) is 19.7. The quantitative estimate of drug-likeness (QED) is 0.423. The zero-order valence-corrected chi connectivity index (χ0v) is 15.0. The molecule has 0 spiro atoms. The Balaban J connectivity index is 1.78. The van der Waals surface area contributed by atoms with Crippen LogP contribution in [0, 0.1) is 17.0 Å². The number of amides is 1. The maximum atomic E-state index is 12.8. The largest absolute Gasteiger partial charge is 0.306 e. The van der Waals surface area contributed by atoms with E-state index in [4.69, 9.17) is 4.98 Å². The number of aryl methyl sites for hydroxylation is 1. The monoisotopic (exact) mass is 372 g/mol. The van der Waals surface area contributed by atoms with Gasteiger partial charge in [0.15, 0.2) is 0 Å². The number of carbonyl (C=O) groups excluding carboxylic acids is 1. The summed E-state index contributed by atoms with van der Waals surface area (Å²) in [6.45, 7) is 1.96. The standard InChI is InChI=1S/C21H16N4O3/c1-14-6-5-13-24-19(14)22-18(15-7-3-2-4-8-15)20(24)23-21(26)16-9-11-17(12-10-16)25(27)28/h2-13H,1H3,(H,23,26). The van der Waals surface area contributed by atoms with Gasteiger partial charge in [0.25, 0.3) is 11.6 Å². The van der Waals surface area contributed by atoms with E-state index in [1.54, 1.807) is 0 Å². The molecule has 0 bridgehead atoms. The lowest BCUT2D eigenvalue weighted by Crippen LogP contribution is -2.14. The predicted molar refractivity (Wildman–Crippen MR) is 106 cm³/mol. The van der Waals surface area contributed by atoms with Crippen molar-refractivity contribution < 1.29 is 9.72 Å². The van der Waals surface area contributed by atoms with Crippen molar-refractivity contribution in [3.63, 3.8) is 0 Å². The van der Waals surface area contributed by atoms with Crippen LogP contribution >= 0.6 is 0 Å². The van der Waals surface area contributed by atoms with Crippen LogP contribution in [0.5, 0.6) is 0 Å². The number of rotatable bonds is 4. The molecule has 0 atom stereocenters. The van der Waals surface area contributed by atoms with Crippen molar-refractivity contribution in [2.24, 2.45) is 0 Å². The smallest absolute Gasteiger partial charge is 0.269 e. The molecule has 28 heavy (non-hydrogen) atoms. The molecule has 0 saturated carbocycles. The van der Waals surface area contributed by atoms with Crippen molar-refractivity contribution in [3.8, 4) is 11.3 Å². The highest BCUT2D eigenvalue weighted by atomic mass is 16.6. The van der Waals surface area contributed by atoms with Crippen LogP contribution in [0.1, 0.15) is 15.9 Å². The summed E-state index contributed by atoms with van der Waals surface area (Å²) in [6.07, 6.45) is 1.84. The second kappa shape index (κ2) is 6.96. The molecular formula is C21H16N4O3. The second-order valence-electron chi connectivity index (χ2n) is 6.32. The first-order valence-electron chi connectivity index (χ1n) is 8.63. The topological polar surface area (TPSA) is 89.5 Å². The van der Waals surface area contributed by atoms with Crippen LogP contribution in [-0.2, 0) is 0 Å². The van der Waals surface area contributed by atoms with E-state index in [2.05, 4.69) is 5.32 Å². The van der Waals surface area contributed by atoms with Crippen LogP contribution in [0.25, 0.3) is 16.9 Å². The molecule has 138 valence electrons. The van der Waals surface area contributed by atoms with Gasteiger partial charge in [0.05, 0.1) is 4.92 Å². The maximum Gasteiger partial charge on any atom is 0.269 e. The number of pyridine rings is 1. The molecule has 1 amide bonds. The Labute approximate surface area is 160 Å². The Kier molecular flexibility index (Phi) is 4.33. The van der Waals surface area contributed by atoms with Crippen LogP contribution in [0.3, 0.4) is 0 Å². The molecule has 0 saturated heterocycles. The number of carbonyl (C=O) groups is 1. The number of non-ortho nitro benzene ring substituents is 1. The maximum absolute atomic E-state index is 12.8. The average Bonchev–Trinajstić information content (AvgIpc) is 3.08. The van der Waals surface area contributed by atoms with Crippen molar-refractivity contribution in [3.05, 3.63) is 94.2 Å². The highest BCUT2D eigenvalue weighted by Crippen LogP contribution is 2.30. The summed E-state index contributed by atoms with van der Waals surface area (Å²) in [5.74, 6) is 0.184. The van der Waals surface area contributed by atoms with Gasteiger partial charge in [-0.25, -0.2) is 4.98 Å². The van der Waals surface area contributed by atoms with Crippen molar-refractivity contribution in [2.75, 3.05) is 5.32 Å². The Bertz CT molecular complexity index is 1180. The Morgan fingerprint density at radius 1 is 1.04 bits per heavy atom. The number of nitro groups is 1. The summed E-state index contributed by atoms with van der Waals surface area (Å²) in [7, 11) is 0. The third-order valence-electron chi connectivity index (χ3n) is 4.46. The van der Waals surface area contributed by atoms with Crippen molar-refractivity contribution >= 4 is 23.1 Å². The molecule has 7 nitrogen and oxygen atoms in total. The molecule has 4 rings (SSSR count). The van der Waals surface area contributed by atoms with Gasteiger partial charge in [0, 0.05) is 29.5 Å². The second-order valence-corrected chi connectivity index (χ2v) is 6.32. The third kappa shape index (κ3) is 3.09. The highest BCUT2D eigenvalue weighted by molar-refractivity contribution is 6.06. The minimum Gasteiger partial charge on any atom is -0.306 e. The molecule has 0 aliphatic heterocycles. The molecule has 0 radical (unpaired) electrons. The molecule has 2 aromatic heterocycles. The molecule has 2 heterocycles. The van der Waals surface area contributed by atoms with Crippen LogP contribution in [-0.4, -0.2) is 20.2 Å². The number of hydrogen-bond donors (Lipinski definition) is 1. The van der Waals surface area contributed by atoms with E-state index in [1.807, 2.05) is 60.0 Å². The zero-order valence-electron chi connectivity index (χ0n) is 15.0. The SMILES string of the molecule is Cc1cccn2c(NC(=O)c3ccc([N+](=O)[O-])cc3)c(-c3ccccc3)nc12. The van der Waals surface area contributed by atoms with Crippen molar-refractivity contribution in [1.29, 1.82) is 0 Å². The van der Waals surface area contributed by atoms with E-state index in [-0.39, 0.29) is 11.6 Å². The lowest BCUT2D eigenvalue weighted by Gasteiger charge is -2.08. The summed E-state index contributed by atoms with van der Waals surface area (Å²) >= 11 is 0. The van der Waals surface area contributed by atoms with Gasteiger partial charge < -0.3 is 5.32 Å². The summed E-state index contributed by atoms with van der Waals surface area (Å²) in [6, 6.07) is 18.9. The van der Waals surface area contributed by atoms with E-state index >= 15 is 0 Å². The Morgan fingerprint density at radius 2 is 1.75 bits per heavy atom. The normalized spacial score (nSPS) is 10.8. The fourth-order valence-electron chi connectivity index (χ4n) is 3.03. The number of nitro benzene ring substituents is 1. The number of imidazole rings is 1. The van der Waals surface area contributed by atoms with Crippen LogP contribution < -0.4 is 5.32 Å². The van der Waals surface area contributed by atoms with Gasteiger partial charge in [-0.2, -0.15) is 0 Å². The molecule has 0 unspecified atom stereocenters. The van der Waals surface area contributed by atoms with Gasteiger partial charge in [0.2, 0.25) is 0 Å². The Morgan fingerprint density at radius 3 is 2.43 bits per heavy atom. The minimum atomic E-state index is -0.498. The molecule has 2 aromatic carbocycles. The van der Waals surface area contributed by atoms with Gasteiger partial charge in [0.1, 0.15) is 17.2 Å². The lowest BCUT2D eigenvalue weighted by atomic mass is 10.1.